The molecule has 5 nitrogen and oxygen atoms in total. The van der Waals surface area contributed by atoms with Gasteiger partial charge >= 0.3 is 0 Å². The van der Waals surface area contributed by atoms with Gasteiger partial charge in [-0.1, -0.05) is 12.1 Å². The summed E-state index contributed by atoms with van der Waals surface area (Å²) < 4.78 is 33.1. The molecule has 0 unspecified atom stereocenters. The van der Waals surface area contributed by atoms with Gasteiger partial charge in [-0.2, -0.15) is 4.31 Å². The quantitative estimate of drug-likeness (QED) is 0.785. The number of rotatable bonds is 5. The van der Waals surface area contributed by atoms with Crippen molar-refractivity contribution in [1.82, 2.24) is 4.31 Å². The number of piperazine rings is 1. The molecule has 2 aromatic carbocycles. The van der Waals surface area contributed by atoms with Crippen LogP contribution in [0.4, 0.5) is 5.69 Å². The molecule has 0 aliphatic carbocycles. The highest BCUT2D eigenvalue weighted by Crippen LogP contribution is 2.25. The molecule has 1 heterocycles. The molecule has 6 heteroatoms. The first-order chi connectivity index (χ1) is 12.8. The summed E-state index contributed by atoms with van der Waals surface area (Å²) in [5.41, 5.74) is 3.63. The number of anilines is 1. The predicted octanol–water partition coefficient (Wildman–Crippen LogP) is 3.60. The first-order valence-corrected chi connectivity index (χ1v) is 10.8. The van der Waals surface area contributed by atoms with Gasteiger partial charge in [-0.3, -0.25) is 0 Å². The Hall–Kier alpha value is -2.05. The Balaban J connectivity index is 1.70. The van der Waals surface area contributed by atoms with Crippen LogP contribution in [0.3, 0.4) is 0 Å². The van der Waals surface area contributed by atoms with E-state index in [1.54, 1.807) is 28.6 Å². The molecule has 0 atom stereocenters. The van der Waals surface area contributed by atoms with Crippen molar-refractivity contribution in [2.24, 2.45) is 0 Å². The van der Waals surface area contributed by atoms with E-state index in [-0.39, 0.29) is 6.10 Å². The highest BCUT2D eigenvalue weighted by molar-refractivity contribution is 7.89. The van der Waals surface area contributed by atoms with Crippen LogP contribution in [0.15, 0.2) is 47.4 Å². The lowest BCUT2D eigenvalue weighted by Gasteiger charge is -2.36. The van der Waals surface area contributed by atoms with Gasteiger partial charge in [-0.25, -0.2) is 8.42 Å². The number of sulfonamides is 1. The third-order valence-corrected chi connectivity index (χ3v) is 6.69. The first-order valence-electron chi connectivity index (χ1n) is 9.36. The van der Waals surface area contributed by atoms with E-state index in [1.165, 1.54) is 16.8 Å². The highest BCUT2D eigenvalue weighted by atomic mass is 32.2. The summed E-state index contributed by atoms with van der Waals surface area (Å²) in [5.74, 6) is 0.684. The predicted molar refractivity (Wildman–Crippen MR) is 109 cm³/mol. The fourth-order valence-corrected chi connectivity index (χ4v) is 4.76. The average molecular weight is 389 g/mol. The Morgan fingerprint density at radius 2 is 1.56 bits per heavy atom. The van der Waals surface area contributed by atoms with E-state index in [0.29, 0.717) is 36.8 Å². The Bertz CT molecular complexity index is 884. The molecule has 0 N–H and O–H groups in total. The maximum absolute atomic E-state index is 13.0. The summed E-state index contributed by atoms with van der Waals surface area (Å²) in [6.07, 6.45) is 0.0608. The van der Waals surface area contributed by atoms with Gasteiger partial charge in [0.2, 0.25) is 10.0 Å². The molecule has 3 rings (SSSR count). The van der Waals surface area contributed by atoms with E-state index in [1.807, 2.05) is 13.8 Å². The lowest BCUT2D eigenvalue weighted by atomic mass is 10.1. The van der Waals surface area contributed by atoms with Gasteiger partial charge in [0.25, 0.3) is 0 Å². The van der Waals surface area contributed by atoms with Crippen molar-refractivity contribution in [3.63, 3.8) is 0 Å². The molecular weight excluding hydrogens is 360 g/mol. The Labute approximate surface area is 162 Å². The summed E-state index contributed by atoms with van der Waals surface area (Å²) in [7, 11) is -3.48. The topological polar surface area (TPSA) is 49.9 Å². The van der Waals surface area contributed by atoms with Crippen molar-refractivity contribution >= 4 is 15.7 Å². The number of benzene rings is 2. The van der Waals surface area contributed by atoms with E-state index >= 15 is 0 Å². The van der Waals surface area contributed by atoms with Gasteiger partial charge < -0.3 is 9.64 Å². The van der Waals surface area contributed by atoms with Crippen LogP contribution < -0.4 is 9.64 Å². The largest absolute Gasteiger partial charge is 0.491 e. The smallest absolute Gasteiger partial charge is 0.243 e. The minimum atomic E-state index is -3.48. The van der Waals surface area contributed by atoms with Gasteiger partial charge in [-0.05, 0) is 69.2 Å². The molecule has 146 valence electrons. The lowest BCUT2D eigenvalue weighted by Crippen LogP contribution is -2.48. The fraction of sp³-hybridized carbons (Fsp3) is 0.429. The van der Waals surface area contributed by atoms with E-state index < -0.39 is 10.0 Å². The Kier molecular flexibility index (Phi) is 5.77. The van der Waals surface area contributed by atoms with Crippen molar-refractivity contribution in [3.05, 3.63) is 53.6 Å². The standard InChI is InChI=1S/C21H28N2O3S/c1-16(2)26-19-7-9-20(10-8-19)27(24,25)23-13-11-22(12-14-23)21-15-17(3)5-6-18(21)4/h5-10,15-16H,11-14H2,1-4H3. The average Bonchev–Trinajstić information content (AvgIpc) is 2.64. The SMILES string of the molecule is Cc1ccc(C)c(N2CCN(S(=O)(=O)c3ccc(OC(C)C)cc3)CC2)c1. The van der Waals surface area contributed by atoms with Crippen molar-refractivity contribution in [1.29, 1.82) is 0 Å². The molecular formula is C21H28N2O3S. The van der Waals surface area contributed by atoms with Crippen molar-refractivity contribution in [2.75, 3.05) is 31.1 Å². The second-order valence-electron chi connectivity index (χ2n) is 7.32. The number of hydrogen-bond donors (Lipinski definition) is 0. The summed E-state index contributed by atoms with van der Waals surface area (Å²) in [5, 5.41) is 0. The maximum atomic E-state index is 13.0. The van der Waals surface area contributed by atoms with Crippen molar-refractivity contribution in [2.45, 2.75) is 38.7 Å². The third kappa shape index (κ3) is 4.45. The monoisotopic (exact) mass is 388 g/mol. The Morgan fingerprint density at radius 1 is 0.926 bits per heavy atom. The molecule has 0 saturated carbocycles. The van der Waals surface area contributed by atoms with Gasteiger partial charge in [0.1, 0.15) is 5.75 Å². The lowest BCUT2D eigenvalue weighted by molar-refractivity contribution is 0.242. The summed E-state index contributed by atoms with van der Waals surface area (Å²) in [6, 6.07) is 13.1. The third-order valence-electron chi connectivity index (χ3n) is 4.78. The van der Waals surface area contributed by atoms with Crippen molar-refractivity contribution < 1.29 is 13.2 Å². The first kappa shape index (κ1) is 19.7. The van der Waals surface area contributed by atoms with Gasteiger partial charge in [-0.15, -0.1) is 0 Å². The molecule has 1 aliphatic heterocycles. The van der Waals surface area contributed by atoms with Crippen molar-refractivity contribution in [3.8, 4) is 5.75 Å². The molecule has 27 heavy (non-hydrogen) atoms. The number of ether oxygens (including phenoxy) is 1. The van der Waals surface area contributed by atoms with Crippen LogP contribution in [0.25, 0.3) is 0 Å². The molecule has 1 aliphatic rings. The van der Waals surface area contributed by atoms with Crippen LogP contribution in [-0.4, -0.2) is 45.0 Å². The zero-order chi connectivity index (χ0) is 19.6. The number of aryl methyl sites for hydroxylation is 2. The van der Waals surface area contributed by atoms with Crippen LogP contribution in [0.1, 0.15) is 25.0 Å². The van der Waals surface area contributed by atoms with Crippen LogP contribution in [0.2, 0.25) is 0 Å². The van der Waals surface area contributed by atoms with Crippen LogP contribution >= 0.6 is 0 Å². The van der Waals surface area contributed by atoms with E-state index in [4.69, 9.17) is 4.74 Å². The minimum absolute atomic E-state index is 0.0608. The zero-order valence-corrected chi connectivity index (χ0v) is 17.3. The maximum Gasteiger partial charge on any atom is 0.243 e. The molecule has 0 spiro atoms. The van der Waals surface area contributed by atoms with E-state index in [0.717, 1.165) is 0 Å². The van der Waals surface area contributed by atoms with Gasteiger partial charge in [0.05, 0.1) is 11.0 Å². The summed E-state index contributed by atoms with van der Waals surface area (Å²) >= 11 is 0. The van der Waals surface area contributed by atoms with Crippen LogP contribution in [0, 0.1) is 13.8 Å². The van der Waals surface area contributed by atoms with Crippen LogP contribution in [0.5, 0.6) is 5.75 Å². The van der Waals surface area contributed by atoms with E-state index in [2.05, 4.69) is 36.9 Å². The molecule has 1 saturated heterocycles. The zero-order valence-electron chi connectivity index (χ0n) is 16.5. The summed E-state index contributed by atoms with van der Waals surface area (Å²) in [4.78, 5) is 2.59. The van der Waals surface area contributed by atoms with Gasteiger partial charge in [0, 0.05) is 31.9 Å². The molecule has 0 bridgehead atoms. The molecule has 0 amide bonds. The molecule has 0 radical (unpaired) electrons. The number of hydrogen-bond acceptors (Lipinski definition) is 4. The van der Waals surface area contributed by atoms with Crippen LogP contribution in [-0.2, 0) is 10.0 Å². The normalized spacial score (nSPS) is 16.0. The summed E-state index contributed by atoms with van der Waals surface area (Å²) in [6.45, 7) is 10.4. The molecule has 1 fully saturated rings. The Morgan fingerprint density at radius 3 is 2.15 bits per heavy atom. The minimum Gasteiger partial charge on any atom is -0.491 e. The molecule has 2 aromatic rings. The second kappa shape index (κ2) is 7.90. The number of nitrogens with zero attached hydrogens (tertiary/aromatic N) is 2. The van der Waals surface area contributed by atoms with E-state index in [9.17, 15) is 8.42 Å². The van der Waals surface area contributed by atoms with Gasteiger partial charge in [0.15, 0.2) is 0 Å². The fourth-order valence-electron chi connectivity index (χ4n) is 3.34. The second-order valence-corrected chi connectivity index (χ2v) is 9.26. The highest BCUT2D eigenvalue weighted by Gasteiger charge is 2.29. The molecule has 0 aromatic heterocycles.